The van der Waals surface area contributed by atoms with Crippen LogP contribution in [0.1, 0.15) is 0 Å². The number of nitrogens with zero attached hydrogens (tertiary/aromatic N) is 1. The molecule has 0 fully saturated rings. The number of hydrogen-bond acceptors (Lipinski definition) is 3. The average Bonchev–Trinajstić information content (AvgIpc) is 2.30. The number of benzene rings is 1. The molecule has 0 amide bonds. The lowest BCUT2D eigenvalue weighted by atomic mass is 9.80. The third-order valence-corrected chi connectivity index (χ3v) is 2.20. The van der Waals surface area contributed by atoms with E-state index in [1.54, 1.807) is 24.5 Å². The second-order valence-electron chi connectivity index (χ2n) is 3.24. The van der Waals surface area contributed by atoms with Crippen LogP contribution in [0.15, 0.2) is 48.8 Å². The molecule has 0 aliphatic carbocycles. The fourth-order valence-electron chi connectivity index (χ4n) is 1.38. The monoisotopic (exact) mass is 235 g/mol. The molecule has 1 aromatic heterocycles. The number of pyridine rings is 1. The van der Waals surface area contributed by atoms with Gasteiger partial charge in [-0.15, -0.1) is 12.4 Å². The number of aromatic nitrogens is 1. The molecule has 0 aliphatic rings. The van der Waals surface area contributed by atoms with E-state index in [9.17, 15) is 0 Å². The summed E-state index contributed by atoms with van der Waals surface area (Å²) in [6, 6.07) is 10.9. The highest BCUT2D eigenvalue weighted by atomic mass is 35.5. The Hall–Kier alpha value is -1.36. The van der Waals surface area contributed by atoms with Crippen molar-refractivity contribution in [1.82, 2.24) is 4.98 Å². The number of rotatable bonds is 2. The highest BCUT2D eigenvalue weighted by Crippen LogP contribution is 2.15. The van der Waals surface area contributed by atoms with Crippen molar-refractivity contribution in [1.29, 1.82) is 0 Å². The highest BCUT2D eigenvalue weighted by Gasteiger charge is 2.09. The third-order valence-electron chi connectivity index (χ3n) is 2.20. The summed E-state index contributed by atoms with van der Waals surface area (Å²) >= 11 is 0. The topological polar surface area (TPSA) is 53.4 Å². The van der Waals surface area contributed by atoms with Gasteiger partial charge in [-0.2, -0.15) is 0 Å². The summed E-state index contributed by atoms with van der Waals surface area (Å²) in [5, 5.41) is 17.9. The predicted octanol–water partition coefficient (Wildman–Crippen LogP) is 0.850. The normalized spacial score (nSPS) is 9.38. The van der Waals surface area contributed by atoms with Crippen LogP contribution >= 0.6 is 12.4 Å². The van der Waals surface area contributed by atoms with Crippen LogP contribution in [-0.4, -0.2) is 22.2 Å². The van der Waals surface area contributed by atoms with E-state index in [1.807, 2.05) is 24.3 Å². The Morgan fingerprint density at radius 1 is 0.938 bits per heavy atom. The second-order valence-corrected chi connectivity index (χ2v) is 3.24. The van der Waals surface area contributed by atoms with Crippen LogP contribution in [0, 0.1) is 0 Å². The van der Waals surface area contributed by atoms with Crippen molar-refractivity contribution in [3.8, 4) is 11.1 Å². The fourth-order valence-corrected chi connectivity index (χ4v) is 1.38. The molecule has 0 unspecified atom stereocenters. The van der Waals surface area contributed by atoms with Crippen LogP contribution in [0.2, 0.25) is 0 Å². The fraction of sp³-hybridized carbons (Fsp3) is 0. The SMILES string of the molecule is Cl.OB(O)c1ccc(-c2cccnc2)cc1. The van der Waals surface area contributed by atoms with Gasteiger partial charge in [0, 0.05) is 12.4 Å². The summed E-state index contributed by atoms with van der Waals surface area (Å²) in [7, 11) is -1.41. The largest absolute Gasteiger partial charge is 0.488 e. The molecule has 5 heteroatoms. The zero-order valence-corrected chi connectivity index (χ0v) is 9.26. The van der Waals surface area contributed by atoms with Gasteiger partial charge < -0.3 is 10.0 Å². The van der Waals surface area contributed by atoms with Gasteiger partial charge in [0.2, 0.25) is 0 Å². The highest BCUT2D eigenvalue weighted by molar-refractivity contribution is 6.58. The van der Waals surface area contributed by atoms with E-state index in [4.69, 9.17) is 10.0 Å². The summed E-state index contributed by atoms with van der Waals surface area (Å²) < 4.78 is 0. The van der Waals surface area contributed by atoms with Crippen LogP contribution in [0.4, 0.5) is 0 Å². The lowest BCUT2D eigenvalue weighted by molar-refractivity contribution is 0.426. The molecule has 0 atom stereocenters. The summed E-state index contributed by atoms with van der Waals surface area (Å²) in [4.78, 5) is 4.02. The van der Waals surface area contributed by atoms with Gasteiger partial charge in [-0.3, -0.25) is 4.98 Å². The maximum Gasteiger partial charge on any atom is 0.488 e. The van der Waals surface area contributed by atoms with E-state index in [1.165, 1.54) is 0 Å². The van der Waals surface area contributed by atoms with E-state index >= 15 is 0 Å². The van der Waals surface area contributed by atoms with E-state index < -0.39 is 7.12 Å². The first-order chi connectivity index (χ1) is 7.27. The Labute approximate surface area is 100 Å². The zero-order chi connectivity index (χ0) is 10.7. The standard InChI is InChI=1S/C11H10BNO2.ClH/c14-12(15)11-5-3-9(4-6-11)10-2-1-7-13-8-10;/h1-8,14-15H;1H. The molecule has 0 spiro atoms. The summed E-state index contributed by atoms with van der Waals surface area (Å²) in [6.07, 6.45) is 3.49. The first kappa shape index (κ1) is 12.7. The molecule has 0 bridgehead atoms. The minimum Gasteiger partial charge on any atom is -0.423 e. The van der Waals surface area contributed by atoms with Gasteiger partial charge >= 0.3 is 7.12 Å². The maximum atomic E-state index is 8.93. The van der Waals surface area contributed by atoms with Gasteiger partial charge in [0.25, 0.3) is 0 Å². The molecular formula is C11H11BClNO2. The van der Waals surface area contributed by atoms with Crippen LogP contribution in [-0.2, 0) is 0 Å². The Morgan fingerprint density at radius 2 is 1.62 bits per heavy atom. The molecule has 1 heterocycles. The molecule has 2 rings (SSSR count). The van der Waals surface area contributed by atoms with Crippen molar-refractivity contribution >= 4 is 25.0 Å². The van der Waals surface area contributed by atoms with Crippen LogP contribution in [0.3, 0.4) is 0 Å². The van der Waals surface area contributed by atoms with Gasteiger partial charge in [0.05, 0.1) is 0 Å². The predicted molar refractivity (Wildman–Crippen MR) is 66.7 cm³/mol. The van der Waals surface area contributed by atoms with Crippen molar-refractivity contribution in [2.45, 2.75) is 0 Å². The molecule has 16 heavy (non-hydrogen) atoms. The Kier molecular flexibility index (Phi) is 4.49. The van der Waals surface area contributed by atoms with E-state index in [-0.39, 0.29) is 12.4 Å². The van der Waals surface area contributed by atoms with Crippen molar-refractivity contribution < 1.29 is 10.0 Å². The van der Waals surface area contributed by atoms with Gasteiger partial charge in [0.15, 0.2) is 0 Å². The zero-order valence-electron chi connectivity index (χ0n) is 8.45. The molecule has 1 aromatic carbocycles. The molecule has 0 saturated heterocycles. The lowest BCUT2D eigenvalue weighted by Crippen LogP contribution is -2.29. The minimum atomic E-state index is -1.41. The van der Waals surface area contributed by atoms with E-state index in [0.29, 0.717) is 5.46 Å². The summed E-state index contributed by atoms with van der Waals surface area (Å²) in [6.45, 7) is 0. The summed E-state index contributed by atoms with van der Waals surface area (Å²) in [5.41, 5.74) is 2.51. The lowest BCUT2D eigenvalue weighted by Gasteiger charge is -2.02. The third kappa shape index (κ3) is 2.82. The molecule has 0 saturated carbocycles. The van der Waals surface area contributed by atoms with Crippen molar-refractivity contribution in [2.24, 2.45) is 0 Å². The van der Waals surface area contributed by atoms with Crippen molar-refractivity contribution in [2.75, 3.05) is 0 Å². The Bertz CT molecular complexity index is 433. The van der Waals surface area contributed by atoms with Crippen molar-refractivity contribution in [3.05, 3.63) is 48.8 Å². The van der Waals surface area contributed by atoms with E-state index in [0.717, 1.165) is 11.1 Å². The maximum absolute atomic E-state index is 8.93. The molecule has 3 nitrogen and oxygen atoms in total. The first-order valence-corrected chi connectivity index (χ1v) is 4.64. The van der Waals surface area contributed by atoms with Crippen LogP contribution in [0.5, 0.6) is 0 Å². The smallest absolute Gasteiger partial charge is 0.423 e. The van der Waals surface area contributed by atoms with Gasteiger partial charge in [-0.25, -0.2) is 0 Å². The molecule has 82 valence electrons. The van der Waals surface area contributed by atoms with Gasteiger partial charge in [0.1, 0.15) is 0 Å². The molecule has 2 N–H and O–H groups in total. The van der Waals surface area contributed by atoms with Crippen molar-refractivity contribution in [3.63, 3.8) is 0 Å². The van der Waals surface area contributed by atoms with Gasteiger partial charge in [-0.1, -0.05) is 30.3 Å². The second kappa shape index (κ2) is 5.65. The minimum absolute atomic E-state index is 0. The first-order valence-electron chi connectivity index (χ1n) is 4.64. The van der Waals surface area contributed by atoms with Crippen LogP contribution in [0.25, 0.3) is 11.1 Å². The quantitative estimate of drug-likeness (QED) is 0.759. The van der Waals surface area contributed by atoms with E-state index in [2.05, 4.69) is 4.98 Å². The molecule has 0 aliphatic heterocycles. The summed E-state index contributed by atoms with van der Waals surface area (Å²) in [5.74, 6) is 0. The van der Waals surface area contributed by atoms with Crippen LogP contribution < -0.4 is 5.46 Å². The molecule has 0 radical (unpaired) electrons. The Balaban J connectivity index is 0.00000128. The average molecular weight is 235 g/mol. The number of halogens is 1. The number of hydrogen-bond donors (Lipinski definition) is 2. The molecular weight excluding hydrogens is 224 g/mol. The van der Waals surface area contributed by atoms with Gasteiger partial charge in [-0.05, 0) is 22.7 Å². The molecule has 2 aromatic rings. The Morgan fingerprint density at radius 3 is 2.12 bits per heavy atom.